The number of aliphatic hydroxyl groups is 2. The van der Waals surface area contributed by atoms with Gasteiger partial charge in [0.1, 0.15) is 17.1 Å². The summed E-state index contributed by atoms with van der Waals surface area (Å²) in [5.74, 6) is -3.13. The van der Waals surface area contributed by atoms with Crippen LogP contribution in [0.4, 0.5) is 0 Å². The lowest BCUT2D eigenvalue weighted by Crippen LogP contribution is -2.58. The maximum Gasteiger partial charge on any atom is 0.308 e. The second-order valence-corrected chi connectivity index (χ2v) is 9.01. The molecule has 6 rings (SSSR count). The number of benzene rings is 1. The summed E-state index contributed by atoms with van der Waals surface area (Å²) < 4.78 is 16.1. The second-order valence-electron chi connectivity index (χ2n) is 9.01. The fourth-order valence-electron chi connectivity index (χ4n) is 5.72. The standard InChI is InChI=1S/C23H24O10/c1-7-14-10(4-9(32-7)5-13(25)31-3)19(26)16-17(20(14)27)22(29)18-15(21(16)28)11-6-12(24)23(18,30)8(2)33-11/h7-9,11-12,24,28-30H,4-6H2,1-3H3/t7-,8+,9+,11+,12+,23+/m0/s1. The van der Waals surface area contributed by atoms with E-state index in [2.05, 4.69) is 4.74 Å². The molecule has 0 aromatic heterocycles. The van der Waals surface area contributed by atoms with Crippen LogP contribution in [0.25, 0.3) is 0 Å². The van der Waals surface area contributed by atoms with Crippen molar-refractivity contribution in [3.05, 3.63) is 33.4 Å². The van der Waals surface area contributed by atoms with Crippen LogP contribution >= 0.6 is 0 Å². The second kappa shape index (κ2) is 7.10. The first kappa shape index (κ1) is 22.0. The van der Waals surface area contributed by atoms with Crippen molar-refractivity contribution in [3.8, 4) is 11.5 Å². The van der Waals surface area contributed by atoms with E-state index >= 15 is 0 Å². The topological polar surface area (TPSA) is 160 Å². The molecule has 3 heterocycles. The molecule has 1 saturated heterocycles. The molecule has 2 bridgehead atoms. The minimum atomic E-state index is -2.07. The van der Waals surface area contributed by atoms with Crippen molar-refractivity contribution in [1.82, 2.24) is 0 Å². The first-order valence-corrected chi connectivity index (χ1v) is 10.7. The molecule has 0 unspecified atom stereocenters. The molecule has 1 fully saturated rings. The Morgan fingerprint density at radius 1 is 1.12 bits per heavy atom. The summed E-state index contributed by atoms with van der Waals surface area (Å²) in [7, 11) is 1.23. The smallest absolute Gasteiger partial charge is 0.308 e. The number of phenols is 2. The van der Waals surface area contributed by atoms with E-state index in [1.807, 2.05) is 0 Å². The van der Waals surface area contributed by atoms with Crippen molar-refractivity contribution in [2.75, 3.05) is 7.11 Å². The van der Waals surface area contributed by atoms with Gasteiger partial charge in [0.25, 0.3) is 0 Å². The number of carbonyl (C=O) groups excluding carboxylic acids is 3. The van der Waals surface area contributed by atoms with Crippen molar-refractivity contribution in [3.63, 3.8) is 0 Å². The molecule has 6 atom stereocenters. The summed E-state index contributed by atoms with van der Waals surface area (Å²) in [5.41, 5.74) is -2.95. The van der Waals surface area contributed by atoms with Crippen LogP contribution in [0.1, 0.15) is 71.1 Å². The zero-order chi connectivity index (χ0) is 24.0. The molecule has 0 amide bonds. The molecule has 5 aliphatic rings. The zero-order valence-electron chi connectivity index (χ0n) is 18.2. The van der Waals surface area contributed by atoms with Gasteiger partial charge in [0.15, 0.2) is 11.6 Å². The summed E-state index contributed by atoms with van der Waals surface area (Å²) in [4.78, 5) is 38.7. The van der Waals surface area contributed by atoms with Crippen molar-refractivity contribution in [2.24, 2.45) is 0 Å². The zero-order valence-corrected chi connectivity index (χ0v) is 18.2. The monoisotopic (exact) mass is 460 g/mol. The highest BCUT2D eigenvalue weighted by Crippen LogP contribution is 2.59. The number of hydrogen-bond acceptors (Lipinski definition) is 10. The Labute approximate surface area is 188 Å². The van der Waals surface area contributed by atoms with Crippen LogP contribution in [0.2, 0.25) is 0 Å². The number of phenolic OH excluding ortho intramolecular Hbond substituents is 2. The Hall–Kier alpha value is -2.79. The average Bonchev–Trinajstić information content (AvgIpc) is 2.75. The van der Waals surface area contributed by atoms with Gasteiger partial charge in [0.05, 0.1) is 55.2 Å². The number of aliphatic hydroxyl groups excluding tert-OH is 1. The van der Waals surface area contributed by atoms with Crippen LogP contribution in [-0.2, 0) is 24.6 Å². The summed E-state index contributed by atoms with van der Waals surface area (Å²) in [6.45, 7) is 3.07. The van der Waals surface area contributed by atoms with Crippen LogP contribution in [0.5, 0.6) is 11.5 Å². The molecule has 3 aliphatic heterocycles. The van der Waals surface area contributed by atoms with Gasteiger partial charge in [-0.2, -0.15) is 0 Å². The van der Waals surface area contributed by atoms with Gasteiger partial charge in [-0.15, -0.1) is 0 Å². The highest BCUT2D eigenvalue weighted by molar-refractivity contribution is 6.29. The van der Waals surface area contributed by atoms with Gasteiger partial charge >= 0.3 is 5.97 Å². The molecule has 10 heteroatoms. The van der Waals surface area contributed by atoms with Crippen molar-refractivity contribution < 1.29 is 49.0 Å². The predicted octanol–water partition coefficient (Wildman–Crippen LogP) is 0.926. The van der Waals surface area contributed by atoms with Gasteiger partial charge in [-0.25, -0.2) is 0 Å². The van der Waals surface area contributed by atoms with Crippen LogP contribution in [0, 0.1) is 0 Å². The Morgan fingerprint density at radius 2 is 1.79 bits per heavy atom. The number of carbonyl (C=O) groups is 3. The molecule has 1 aromatic rings. The van der Waals surface area contributed by atoms with Gasteiger partial charge < -0.3 is 34.6 Å². The summed E-state index contributed by atoms with van der Waals surface area (Å²) in [6.07, 6.45) is -4.89. The van der Waals surface area contributed by atoms with E-state index in [-0.39, 0.29) is 47.1 Å². The highest BCUT2D eigenvalue weighted by Gasteiger charge is 2.59. The first-order valence-electron chi connectivity index (χ1n) is 10.7. The molecule has 0 saturated carbocycles. The SMILES string of the molecule is COC(=O)C[C@H]1CC2=C(C(=O)c3c(O)c4c(c(O)c3C2=O)[C@H]2C[C@@H](O)[C@]4(O)[C@@H](C)O2)[C@H](C)O1. The predicted molar refractivity (Wildman–Crippen MR) is 109 cm³/mol. The minimum absolute atomic E-state index is 0.00595. The van der Waals surface area contributed by atoms with E-state index in [0.29, 0.717) is 0 Å². The van der Waals surface area contributed by atoms with E-state index in [0.717, 1.165) is 0 Å². The first-order chi connectivity index (χ1) is 15.5. The maximum absolute atomic E-state index is 13.5. The number of esters is 1. The van der Waals surface area contributed by atoms with Crippen LogP contribution in [-0.4, -0.2) is 69.5 Å². The van der Waals surface area contributed by atoms with E-state index in [1.165, 1.54) is 14.0 Å². The summed E-state index contributed by atoms with van der Waals surface area (Å²) >= 11 is 0. The summed E-state index contributed by atoms with van der Waals surface area (Å²) in [6, 6.07) is 0. The molecular weight excluding hydrogens is 436 g/mol. The molecule has 33 heavy (non-hydrogen) atoms. The lowest BCUT2D eigenvalue weighted by Gasteiger charge is -2.52. The molecule has 2 aliphatic carbocycles. The number of ether oxygens (including phenoxy) is 3. The Morgan fingerprint density at radius 3 is 2.42 bits per heavy atom. The molecule has 176 valence electrons. The number of hydrogen-bond donors (Lipinski definition) is 4. The fraction of sp³-hybridized carbons (Fsp3) is 0.522. The van der Waals surface area contributed by atoms with Crippen molar-refractivity contribution in [2.45, 2.75) is 69.2 Å². The number of rotatable bonds is 2. The third-order valence-corrected chi connectivity index (χ3v) is 7.30. The van der Waals surface area contributed by atoms with E-state index in [4.69, 9.17) is 9.47 Å². The number of ketones is 2. The largest absolute Gasteiger partial charge is 0.507 e. The Bertz CT molecular complexity index is 1140. The normalized spacial score (nSPS) is 34.6. The maximum atomic E-state index is 13.5. The van der Waals surface area contributed by atoms with E-state index in [9.17, 15) is 34.8 Å². The van der Waals surface area contributed by atoms with Crippen LogP contribution in [0.15, 0.2) is 11.1 Å². The van der Waals surface area contributed by atoms with Gasteiger partial charge in [0.2, 0.25) is 0 Å². The molecule has 0 spiro atoms. The lowest BCUT2D eigenvalue weighted by molar-refractivity contribution is -0.246. The van der Waals surface area contributed by atoms with Gasteiger partial charge in [-0.1, -0.05) is 0 Å². The van der Waals surface area contributed by atoms with Crippen LogP contribution in [0.3, 0.4) is 0 Å². The lowest BCUT2D eigenvalue weighted by atomic mass is 9.66. The quantitative estimate of drug-likeness (QED) is 0.369. The molecule has 0 radical (unpaired) electrons. The number of aromatic hydroxyl groups is 2. The summed E-state index contributed by atoms with van der Waals surface area (Å²) in [5, 5.41) is 44.1. The third-order valence-electron chi connectivity index (χ3n) is 7.30. The molecule has 10 nitrogen and oxygen atoms in total. The van der Waals surface area contributed by atoms with Crippen molar-refractivity contribution >= 4 is 17.5 Å². The molecule has 4 N–H and O–H groups in total. The number of methoxy groups -OCH3 is 1. The Kier molecular flexibility index (Phi) is 4.74. The van der Waals surface area contributed by atoms with Crippen molar-refractivity contribution in [1.29, 1.82) is 0 Å². The third kappa shape index (κ3) is 2.72. The van der Waals surface area contributed by atoms with E-state index in [1.54, 1.807) is 6.92 Å². The Balaban J connectivity index is 1.69. The fourth-order valence-corrected chi connectivity index (χ4v) is 5.72. The van der Waals surface area contributed by atoms with Crippen LogP contribution < -0.4 is 0 Å². The van der Waals surface area contributed by atoms with Gasteiger partial charge in [-0.3, -0.25) is 14.4 Å². The molecule has 1 aromatic carbocycles. The number of fused-ring (bicyclic) bond motifs is 3. The number of Topliss-reactive ketones (excluding diaryl/α,β-unsaturated/α-hetero) is 2. The van der Waals surface area contributed by atoms with E-state index < -0.39 is 70.7 Å². The highest BCUT2D eigenvalue weighted by atomic mass is 16.5. The molecular formula is C23H24O10. The van der Waals surface area contributed by atoms with Gasteiger partial charge in [-0.05, 0) is 13.8 Å². The van der Waals surface area contributed by atoms with Gasteiger partial charge in [0, 0.05) is 35.1 Å². The minimum Gasteiger partial charge on any atom is -0.507 e. The average molecular weight is 460 g/mol.